The van der Waals surface area contributed by atoms with Gasteiger partial charge in [-0.25, -0.2) is 27.7 Å². The molecule has 35 heavy (non-hydrogen) atoms. The van der Waals surface area contributed by atoms with E-state index in [4.69, 9.17) is 4.74 Å². The predicted octanol–water partition coefficient (Wildman–Crippen LogP) is 3.68. The van der Waals surface area contributed by atoms with Crippen molar-refractivity contribution in [3.05, 3.63) is 65.6 Å². The van der Waals surface area contributed by atoms with Crippen LogP contribution in [-0.4, -0.2) is 49.9 Å². The summed E-state index contributed by atoms with van der Waals surface area (Å²) < 4.78 is 34.6. The molecule has 0 unspecified atom stereocenters. The molecule has 9 nitrogen and oxygen atoms in total. The lowest BCUT2D eigenvalue weighted by Gasteiger charge is -2.13. The highest BCUT2D eigenvalue weighted by atomic mass is 32.2. The topological polar surface area (TPSA) is 119 Å². The summed E-state index contributed by atoms with van der Waals surface area (Å²) in [5, 5.41) is 2.87. The Bertz CT molecular complexity index is 1320. The zero-order valence-electron chi connectivity index (χ0n) is 20.0. The molecule has 11 heteroatoms. The highest BCUT2D eigenvalue weighted by Crippen LogP contribution is 2.28. The summed E-state index contributed by atoms with van der Waals surface area (Å²) in [6.07, 6.45) is 2.52. The number of thioether (sulfide) groups is 1. The molecular formula is C24H28N4O5S2. The van der Waals surface area contributed by atoms with E-state index in [2.05, 4.69) is 10.3 Å². The smallest absolute Gasteiger partial charge is 0.357 e. The van der Waals surface area contributed by atoms with Crippen molar-refractivity contribution in [1.29, 1.82) is 0 Å². The summed E-state index contributed by atoms with van der Waals surface area (Å²) in [5.41, 5.74) is 2.47. The highest BCUT2D eigenvalue weighted by Gasteiger charge is 2.24. The van der Waals surface area contributed by atoms with E-state index >= 15 is 0 Å². The van der Waals surface area contributed by atoms with Gasteiger partial charge in [0.25, 0.3) is 10.0 Å². The van der Waals surface area contributed by atoms with Crippen molar-refractivity contribution in [2.75, 3.05) is 19.9 Å². The second kappa shape index (κ2) is 11.4. The molecule has 1 heterocycles. The molecule has 0 aliphatic carbocycles. The number of amides is 2. The Morgan fingerprint density at radius 3 is 2.37 bits per heavy atom. The van der Waals surface area contributed by atoms with Crippen molar-refractivity contribution in [3.63, 3.8) is 0 Å². The van der Waals surface area contributed by atoms with Gasteiger partial charge >= 0.3 is 12.0 Å². The number of nitrogens with one attached hydrogen (secondary N) is 2. The summed E-state index contributed by atoms with van der Waals surface area (Å²) in [4.78, 5) is 28.9. The second-order valence-corrected chi connectivity index (χ2v) is 9.87. The van der Waals surface area contributed by atoms with Gasteiger partial charge in [0.15, 0.2) is 5.69 Å². The van der Waals surface area contributed by atoms with E-state index in [-0.39, 0.29) is 11.5 Å². The van der Waals surface area contributed by atoms with Gasteiger partial charge in [-0.3, -0.25) is 0 Å². The van der Waals surface area contributed by atoms with Crippen molar-refractivity contribution in [3.8, 4) is 11.1 Å². The minimum absolute atomic E-state index is 0.00608. The Kier molecular flexibility index (Phi) is 8.57. The van der Waals surface area contributed by atoms with Crippen LogP contribution in [0.25, 0.3) is 11.1 Å². The first kappa shape index (κ1) is 26.3. The molecule has 2 aromatic carbocycles. The van der Waals surface area contributed by atoms with Crippen LogP contribution < -0.4 is 10.0 Å². The van der Waals surface area contributed by atoms with E-state index in [0.717, 1.165) is 11.4 Å². The van der Waals surface area contributed by atoms with Crippen LogP contribution >= 0.6 is 11.8 Å². The van der Waals surface area contributed by atoms with E-state index in [1.165, 1.54) is 24.9 Å². The second-order valence-electron chi connectivity index (χ2n) is 7.42. The van der Waals surface area contributed by atoms with Crippen molar-refractivity contribution in [1.82, 2.24) is 19.6 Å². The molecule has 0 bridgehead atoms. The fourth-order valence-corrected chi connectivity index (χ4v) is 5.37. The molecule has 0 atom stereocenters. The SMILES string of the molecule is CCOC(=O)c1c(SC)nc(CC)n1Cc1ccc(-c2ccccc2S(=O)(=O)NC(=O)NC)cc1. The van der Waals surface area contributed by atoms with Gasteiger partial charge < -0.3 is 14.6 Å². The fourth-order valence-electron chi connectivity index (χ4n) is 3.59. The molecule has 186 valence electrons. The number of urea groups is 1. The number of aromatic nitrogens is 2. The third-order valence-electron chi connectivity index (χ3n) is 5.23. The molecule has 0 saturated heterocycles. The molecular weight excluding hydrogens is 488 g/mol. The molecule has 0 spiro atoms. The van der Waals surface area contributed by atoms with Crippen LogP contribution in [0, 0.1) is 0 Å². The quantitative estimate of drug-likeness (QED) is 0.329. The molecule has 0 aliphatic rings. The van der Waals surface area contributed by atoms with E-state index < -0.39 is 22.0 Å². The van der Waals surface area contributed by atoms with Gasteiger partial charge in [-0.2, -0.15) is 0 Å². The Balaban J connectivity index is 1.96. The maximum Gasteiger partial charge on any atom is 0.357 e. The summed E-state index contributed by atoms with van der Waals surface area (Å²) in [5.74, 6) is 0.363. The van der Waals surface area contributed by atoms with E-state index in [9.17, 15) is 18.0 Å². The average molecular weight is 517 g/mol. The number of esters is 1. The maximum atomic E-state index is 12.7. The van der Waals surface area contributed by atoms with Crippen LogP contribution in [-0.2, 0) is 27.7 Å². The summed E-state index contributed by atoms with van der Waals surface area (Å²) in [6, 6.07) is 13.0. The number of carbonyl (C=O) groups is 2. The Labute approximate surface area is 209 Å². The molecule has 2 amide bonds. The molecule has 3 aromatic rings. The lowest BCUT2D eigenvalue weighted by Crippen LogP contribution is -2.37. The number of nitrogens with zero attached hydrogens (tertiary/aromatic N) is 2. The predicted molar refractivity (Wildman–Crippen MR) is 135 cm³/mol. The minimum Gasteiger partial charge on any atom is -0.461 e. The highest BCUT2D eigenvalue weighted by molar-refractivity contribution is 7.98. The summed E-state index contributed by atoms with van der Waals surface area (Å²) >= 11 is 1.40. The number of carbonyl (C=O) groups excluding carboxylic acids is 2. The first-order chi connectivity index (χ1) is 16.7. The van der Waals surface area contributed by atoms with Gasteiger partial charge in [-0.05, 0) is 30.4 Å². The number of rotatable bonds is 9. The number of benzene rings is 2. The van der Waals surface area contributed by atoms with Crippen LogP contribution in [0.2, 0.25) is 0 Å². The van der Waals surface area contributed by atoms with Gasteiger partial charge in [0.05, 0.1) is 11.5 Å². The summed E-state index contributed by atoms with van der Waals surface area (Å²) in [7, 11) is -2.72. The lowest BCUT2D eigenvalue weighted by molar-refractivity contribution is 0.0509. The van der Waals surface area contributed by atoms with Crippen LogP contribution in [0.5, 0.6) is 0 Å². The summed E-state index contributed by atoms with van der Waals surface area (Å²) in [6.45, 7) is 4.42. The molecule has 0 aliphatic heterocycles. The third kappa shape index (κ3) is 5.85. The van der Waals surface area contributed by atoms with Crippen molar-refractivity contribution < 1.29 is 22.7 Å². The number of aryl methyl sites for hydroxylation is 1. The van der Waals surface area contributed by atoms with Gasteiger partial charge in [0.2, 0.25) is 0 Å². The Morgan fingerprint density at radius 1 is 1.09 bits per heavy atom. The monoisotopic (exact) mass is 516 g/mol. The Morgan fingerprint density at radius 2 is 1.77 bits per heavy atom. The van der Waals surface area contributed by atoms with Gasteiger partial charge in [-0.1, -0.05) is 49.4 Å². The van der Waals surface area contributed by atoms with Crippen LogP contribution in [0.15, 0.2) is 58.5 Å². The van der Waals surface area contributed by atoms with Gasteiger partial charge in [-0.15, -0.1) is 11.8 Å². The minimum atomic E-state index is -4.07. The molecule has 0 saturated carbocycles. The lowest BCUT2D eigenvalue weighted by atomic mass is 10.0. The van der Waals surface area contributed by atoms with Crippen molar-refractivity contribution in [2.24, 2.45) is 0 Å². The van der Waals surface area contributed by atoms with Gasteiger partial charge in [0.1, 0.15) is 10.9 Å². The van der Waals surface area contributed by atoms with Gasteiger partial charge in [0, 0.05) is 25.6 Å². The van der Waals surface area contributed by atoms with Crippen molar-refractivity contribution >= 4 is 33.8 Å². The van der Waals surface area contributed by atoms with E-state index in [0.29, 0.717) is 34.8 Å². The largest absolute Gasteiger partial charge is 0.461 e. The molecule has 2 N–H and O–H groups in total. The maximum absolute atomic E-state index is 12.7. The normalized spacial score (nSPS) is 11.2. The number of hydrogen-bond acceptors (Lipinski definition) is 7. The zero-order valence-corrected chi connectivity index (χ0v) is 21.6. The molecule has 0 fully saturated rings. The van der Waals surface area contributed by atoms with Crippen LogP contribution in [0.3, 0.4) is 0 Å². The number of hydrogen-bond donors (Lipinski definition) is 2. The third-order valence-corrected chi connectivity index (χ3v) is 7.29. The Hall–Kier alpha value is -3.31. The molecule has 1 aromatic heterocycles. The standard InChI is InChI=1S/C24H28N4O5S2/c1-5-20-26-22(34-4)21(23(29)33-6-2)28(20)15-16-11-13-17(14-12-16)18-9-7-8-10-19(18)35(31,32)27-24(30)25-3/h7-14H,5-6,15H2,1-4H3,(H2,25,27,30). The van der Waals surface area contributed by atoms with Crippen LogP contribution in [0.4, 0.5) is 4.79 Å². The average Bonchev–Trinajstić information content (AvgIpc) is 3.21. The number of imidazole rings is 1. The van der Waals surface area contributed by atoms with Crippen LogP contribution in [0.1, 0.15) is 35.7 Å². The fraction of sp³-hybridized carbons (Fsp3) is 0.292. The number of sulfonamides is 1. The van der Waals surface area contributed by atoms with Crippen molar-refractivity contribution in [2.45, 2.75) is 36.7 Å². The first-order valence-electron chi connectivity index (χ1n) is 11.0. The number of ether oxygens (including phenoxy) is 1. The first-order valence-corrected chi connectivity index (χ1v) is 13.7. The van der Waals surface area contributed by atoms with E-state index in [1.807, 2.05) is 46.7 Å². The van der Waals surface area contributed by atoms with E-state index in [1.54, 1.807) is 25.1 Å². The zero-order chi connectivity index (χ0) is 25.6. The molecule has 0 radical (unpaired) electrons. The molecule has 3 rings (SSSR count).